The van der Waals surface area contributed by atoms with Crippen LogP contribution in [0.4, 0.5) is 0 Å². The molecule has 0 bridgehead atoms. The zero-order chi connectivity index (χ0) is 10.7. The smallest absolute Gasteiger partial charge is 0.0502 e. The van der Waals surface area contributed by atoms with E-state index in [2.05, 4.69) is 13.8 Å². The third-order valence-electron chi connectivity index (χ3n) is 2.36. The summed E-state index contributed by atoms with van der Waals surface area (Å²) in [6.07, 6.45) is 0. The summed E-state index contributed by atoms with van der Waals surface area (Å²) in [4.78, 5) is 0. The Kier molecular flexibility index (Phi) is 4.24. The van der Waals surface area contributed by atoms with Crippen LogP contribution in [0, 0.1) is 5.92 Å². The lowest BCUT2D eigenvalue weighted by Crippen LogP contribution is -2.11. The van der Waals surface area contributed by atoms with Gasteiger partial charge in [0.15, 0.2) is 0 Å². The van der Waals surface area contributed by atoms with E-state index in [-0.39, 0.29) is 12.5 Å². The predicted octanol–water partition coefficient (Wildman–Crippen LogP) is 3.73. The minimum absolute atomic E-state index is 0.0831. The minimum Gasteiger partial charge on any atom is -0.396 e. The Morgan fingerprint density at radius 2 is 1.93 bits per heavy atom. The lowest BCUT2D eigenvalue weighted by molar-refractivity contribution is 0.237. The molecule has 0 aliphatic heterocycles. The first-order valence-corrected chi connectivity index (χ1v) is 5.37. The highest BCUT2D eigenvalue weighted by atomic mass is 35.5. The fourth-order valence-electron chi connectivity index (χ4n) is 1.47. The first-order chi connectivity index (χ1) is 6.56. The largest absolute Gasteiger partial charge is 0.396 e. The SMILES string of the molecule is CC(C)C(CO)c1ccc(Cl)cc1Cl. The van der Waals surface area contributed by atoms with Crippen molar-refractivity contribution in [1.29, 1.82) is 0 Å². The van der Waals surface area contributed by atoms with Crippen molar-refractivity contribution in [2.24, 2.45) is 5.92 Å². The van der Waals surface area contributed by atoms with Crippen LogP contribution in [0.25, 0.3) is 0 Å². The highest BCUT2D eigenvalue weighted by Gasteiger charge is 2.17. The third kappa shape index (κ3) is 2.63. The zero-order valence-electron chi connectivity index (χ0n) is 8.30. The van der Waals surface area contributed by atoms with Gasteiger partial charge < -0.3 is 5.11 Å². The highest BCUT2D eigenvalue weighted by Crippen LogP contribution is 2.31. The molecule has 1 unspecified atom stereocenters. The normalized spacial score (nSPS) is 13.3. The van der Waals surface area contributed by atoms with Gasteiger partial charge in [0.1, 0.15) is 0 Å². The van der Waals surface area contributed by atoms with E-state index < -0.39 is 0 Å². The first kappa shape index (κ1) is 11.8. The van der Waals surface area contributed by atoms with Crippen LogP contribution in [-0.4, -0.2) is 11.7 Å². The van der Waals surface area contributed by atoms with E-state index in [1.807, 2.05) is 6.07 Å². The second kappa shape index (κ2) is 5.01. The monoisotopic (exact) mass is 232 g/mol. The second-order valence-electron chi connectivity index (χ2n) is 3.70. The van der Waals surface area contributed by atoms with E-state index >= 15 is 0 Å². The molecule has 14 heavy (non-hydrogen) atoms. The van der Waals surface area contributed by atoms with Gasteiger partial charge in [-0.1, -0.05) is 43.1 Å². The van der Waals surface area contributed by atoms with Crippen molar-refractivity contribution in [3.63, 3.8) is 0 Å². The van der Waals surface area contributed by atoms with E-state index in [9.17, 15) is 5.11 Å². The molecular formula is C11H14Cl2O. The molecule has 1 N–H and O–H groups in total. The van der Waals surface area contributed by atoms with E-state index in [0.29, 0.717) is 16.0 Å². The molecule has 0 aliphatic carbocycles. The minimum atomic E-state index is 0.0831. The molecule has 0 saturated carbocycles. The van der Waals surface area contributed by atoms with Crippen molar-refractivity contribution in [3.05, 3.63) is 33.8 Å². The molecule has 1 rings (SSSR count). The van der Waals surface area contributed by atoms with Gasteiger partial charge in [-0.3, -0.25) is 0 Å². The lowest BCUT2D eigenvalue weighted by atomic mass is 9.89. The average molecular weight is 233 g/mol. The summed E-state index contributed by atoms with van der Waals surface area (Å²) in [6.45, 7) is 4.23. The van der Waals surface area contributed by atoms with Gasteiger partial charge in [0.2, 0.25) is 0 Å². The molecule has 1 nitrogen and oxygen atoms in total. The summed E-state index contributed by atoms with van der Waals surface area (Å²) in [5, 5.41) is 10.5. The van der Waals surface area contributed by atoms with Gasteiger partial charge in [0.25, 0.3) is 0 Å². The number of hydrogen-bond acceptors (Lipinski definition) is 1. The Morgan fingerprint density at radius 1 is 1.29 bits per heavy atom. The predicted molar refractivity (Wildman–Crippen MR) is 61.1 cm³/mol. The summed E-state index contributed by atoms with van der Waals surface area (Å²) >= 11 is 11.8. The summed E-state index contributed by atoms with van der Waals surface area (Å²) in [7, 11) is 0. The maximum Gasteiger partial charge on any atom is 0.0502 e. The standard InChI is InChI=1S/C11H14Cl2O/c1-7(2)10(6-14)9-4-3-8(12)5-11(9)13/h3-5,7,10,14H,6H2,1-2H3. The maximum absolute atomic E-state index is 9.25. The molecule has 0 heterocycles. The lowest BCUT2D eigenvalue weighted by Gasteiger charge is -2.19. The van der Waals surface area contributed by atoms with E-state index in [1.165, 1.54) is 0 Å². The topological polar surface area (TPSA) is 20.2 Å². The Labute approximate surface area is 94.7 Å². The van der Waals surface area contributed by atoms with Crippen LogP contribution in [0.15, 0.2) is 18.2 Å². The molecule has 3 heteroatoms. The van der Waals surface area contributed by atoms with Crippen molar-refractivity contribution in [3.8, 4) is 0 Å². The molecule has 1 atom stereocenters. The van der Waals surface area contributed by atoms with Gasteiger partial charge in [-0.15, -0.1) is 0 Å². The molecular weight excluding hydrogens is 219 g/mol. The van der Waals surface area contributed by atoms with E-state index in [0.717, 1.165) is 5.56 Å². The number of benzene rings is 1. The number of rotatable bonds is 3. The van der Waals surface area contributed by atoms with Crippen LogP contribution >= 0.6 is 23.2 Å². The van der Waals surface area contributed by atoms with Gasteiger partial charge in [-0.05, 0) is 23.6 Å². The molecule has 0 spiro atoms. The zero-order valence-corrected chi connectivity index (χ0v) is 9.81. The van der Waals surface area contributed by atoms with Gasteiger partial charge in [0.05, 0.1) is 6.61 Å². The van der Waals surface area contributed by atoms with Crippen LogP contribution in [0.1, 0.15) is 25.3 Å². The molecule has 0 fully saturated rings. The van der Waals surface area contributed by atoms with Gasteiger partial charge in [-0.2, -0.15) is 0 Å². The van der Waals surface area contributed by atoms with E-state index in [4.69, 9.17) is 23.2 Å². The summed E-state index contributed by atoms with van der Waals surface area (Å²) in [5.74, 6) is 0.443. The number of aliphatic hydroxyl groups is 1. The number of aliphatic hydroxyl groups excluding tert-OH is 1. The van der Waals surface area contributed by atoms with Crippen LogP contribution < -0.4 is 0 Å². The summed E-state index contributed by atoms with van der Waals surface area (Å²) in [6, 6.07) is 5.39. The van der Waals surface area contributed by atoms with Crippen LogP contribution in [0.2, 0.25) is 10.0 Å². The van der Waals surface area contributed by atoms with Crippen LogP contribution in [-0.2, 0) is 0 Å². The van der Waals surface area contributed by atoms with Crippen molar-refractivity contribution in [2.75, 3.05) is 6.61 Å². The maximum atomic E-state index is 9.25. The Bertz CT molecular complexity index is 310. The molecule has 1 aromatic carbocycles. The molecule has 0 aromatic heterocycles. The van der Waals surface area contributed by atoms with Gasteiger partial charge in [0, 0.05) is 16.0 Å². The Balaban J connectivity index is 3.04. The molecule has 0 saturated heterocycles. The molecule has 1 aromatic rings. The third-order valence-corrected chi connectivity index (χ3v) is 2.93. The quantitative estimate of drug-likeness (QED) is 0.843. The average Bonchev–Trinajstić information content (AvgIpc) is 2.09. The van der Waals surface area contributed by atoms with Crippen molar-refractivity contribution in [2.45, 2.75) is 19.8 Å². The molecule has 78 valence electrons. The fraction of sp³-hybridized carbons (Fsp3) is 0.455. The van der Waals surface area contributed by atoms with Gasteiger partial charge >= 0.3 is 0 Å². The van der Waals surface area contributed by atoms with E-state index in [1.54, 1.807) is 12.1 Å². The molecule has 0 aliphatic rings. The molecule has 0 radical (unpaired) electrons. The number of hydrogen-bond donors (Lipinski definition) is 1. The van der Waals surface area contributed by atoms with Crippen LogP contribution in [0.5, 0.6) is 0 Å². The summed E-state index contributed by atoms with van der Waals surface area (Å²) < 4.78 is 0. The second-order valence-corrected chi connectivity index (χ2v) is 4.54. The Hall–Kier alpha value is -0.240. The Morgan fingerprint density at radius 3 is 2.36 bits per heavy atom. The van der Waals surface area contributed by atoms with Crippen molar-refractivity contribution < 1.29 is 5.11 Å². The molecule has 0 amide bonds. The fourth-order valence-corrected chi connectivity index (χ4v) is 2.02. The first-order valence-electron chi connectivity index (χ1n) is 4.62. The van der Waals surface area contributed by atoms with Crippen molar-refractivity contribution in [1.82, 2.24) is 0 Å². The van der Waals surface area contributed by atoms with Crippen LogP contribution in [0.3, 0.4) is 0 Å². The number of halogens is 2. The highest BCUT2D eigenvalue weighted by molar-refractivity contribution is 6.35. The summed E-state index contributed by atoms with van der Waals surface area (Å²) in [5.41, 5.74) is 0.966. The van der Waals surface area contributed by atoms with Crippen molar-refractivity contribution >= 4 is 23.2 Å². The van der Waals surface area contributed by atoms with Gasteiger partial charge in [-0.25, -0.2) is 0 Å².